The van der Waals surface area contributed by atoms with Crippen LogP contribution < -0.4 is 0 Å². The third-order valence-corrected chi connectivity index (χ3v) is 3.80. The summed E-state index contributed by atoms with van der Waals surface area (Å²) in [6.07, 6.45) is 0.362. The lowest BCUT2D eigenvalue weighted by Gasteiger charge is -2.21. The lowest BCUT2D eigenvalue weighted by atomic mass is 10.2. The summed E-state index contributed by atoms with van der Waals surface area (Å²) in [4.78, 5) is 12.9. The standard InChI is InChI=1S/C11H20FNO4S/c1-11(2,3)17-6-4-5-13-8-9(7-10(13)14)18(12,15)16/h9H,4-8H2,1-3H3. The average Bonchev–Trinajstić information content (AvgIpc) is 2.53. The molecule has 1 atom stereocenters. The summed E-state index contributed by atoms with van der Waals surface area (Å²) >= 11 is 0. The fourth-order valence-electron chi connectivity index (χ4n) is 1.77. The molecular weight excluding hydrogens is 261 g/mol. The van der Waals surface area contributed by atoms with E-state index in [0.717, 1.165) is 0 Å². The summed E-state index contributed by atoms with van der Waals surface area (Å²) in [5, 5.41) is -1.20. The number of halogens is 1. The first-order valence-corrected chi connectivity index (χ1v) is 7.39. The molecule has 7 heteroatoms. The highest BCUT2D eigenvalue weighted by molar-refractivity contribution is 7.87. The highest BCUT2D eigenvalue weighted by Crippen LogP contribution is 2.19. The van der Waals surface area contributed by atoms with Crippen LogP contribution in [-0.2, 0) is 19.8 Å². The van der Waals surface area contributed by atoms with E-state index in [-0.39, 0.29) is 24.5 Å². The fourth-order valence-corrected chi connectivity index (χ4v) is 2.47. The van der Waals surface area contributed by atoms with Crippen LogP contribution in [0.15, 0.2) is 0 Å². The zero-order valence-corrected chi connectivity index (χ0v) is 11.8. The highest BCUT2D eigenvalue weighted by Gasteiger charge is 2.37. The molecule has 106 valence electrons. The maximum Gasteiger partial charge on any atom is 0.307 e. The number of hydrogen-bond acceptors (Lipinski definition) is 4. The van der Waals surface area contributed by atoms with E-state index in [4.69, 9.17) is 4.74 Å². The Morgan fingerprint density at radius 1 is 1.44 bits per heavy atom. The SMILES string of the molecule is CC(C)(C)OCCCN1CC(S(=O)(=O)F)CC1=O. The Hall–Kier alpha value is -0.690. The third-order valence-electron chi connectivity index (χ3n) is 2.68. The molecule has 1 unspecified atom stereocenters. The molecule has 5 nitrogen and oxygen atoms in total. The molecule has 1 fully saturated rings. The molecule has 0 aromatic carbocycles. The van der Waals surface area contributed by atoms with Crippen LogP contribution >= 0.6 is 0 Å². The van der Waals surface area contributed by atoms with E-state index in [1.54, 1.807) is 0 Å². The fraction of sp³-hybridized carbons (Fsp3) is 0.909. The predicted molar refractivity (Wildman–Crippen MR) is 65.3 cm³/mol. The van der Waals surface area contributed by atoms with E-state index in [0.29, 0.717) is 19.6 Å². The third kappa shape index (κ3) is 4.89. The Morgan fingerprint density at radius 3 is 2.50 bits per heavy atom. The monoisotopic (exact) mass is 281 g/mol. The molecule has 0 aliphatic carbocycles. The Kier molecular flexibility index (Phi) is 4.72. The molecule has 1 aliphatic heterocycles. The van der Waals surface area contributed by atoms with Crippen LogP contribution in [0.2, 0.25) is 0 Å². The normalized spacial score (nSPS) is 21.7. The van der Waals surface area contributed by atoms with Gasteiger partial charge in [-0.2, -0.15) is 8.42 Å². The number of ether oxygens (including phenoxy) is 1. The summed E-state index contributed by atoms with van der Waals surface area (Å²) in [5.41, 5.74) is -0.236. The van der Waals surface area contributed by atoms with E-state index in [2.05, 4.69) is 0 Å². The lowest BCUT2D eigenvalue weighted by molar-refractivity contribution is -0.127. The molecule has 1 saturated heterocycles. The molecule has 1 amide bonds. The van der Waals surface area contributed by atoms with Crippen molar-refractivity contribution in [2.24, 2.45) is 0 Å². The molecule has 18 heavy (non-hydrogen) atoms. The van der Waals surface area contributed by atoms with Gasteiger partial charge in [0.25, 0.3) is 0 Å². The van der Waals surface area contributed by atoms with Gasteiger partial charge < -0.3 is 9.64 Å². The Morgan fingerprint density at radius 2 is 2.06 bits per heavy atom. The topological polar surface area (TPSA) is 63.7 Å². The number of hydrogen-bond donors (Lipinski definition) is 0. The molecule has 1 rings (SSSR count). The van der Waals surface area contributed by atoms with Crippen molar-refractivity contribution in [1.29, 1.82) is 0 Å². The summed E-state index contributed by atoms with van der Waals surface area (Å²) in [7, 11) is -4.62. The smallest absolute Gasteiger partial charge is 0.307 e. The van der Waals surface area contributed by atoms with Gasteiger partial charge in [0.05, 0.1) is 5.60 Å². The van der Waals surface area contributed by atoms with Gasteiger partial charge >= 0.3 is 10.2 Å². The van der Waals surface area contributed by atoms with Crippen molar-refractivity contribution in [2.45, 2.75) is 44.5 Å². The van der Waals surface area contributed by atoms with Gasteiger partial charge in [0, 0.05) is 26.1 Å². The first-order valence-electron chi connectivity index (χ1n) is 5.95. The van der Waals surface area contributed by atoms with E-state index in [1.807, 2.05) is 20.8 Å². The van der Waals surface area contributed by atoms with Gasteiger partial charge in [0.15, 0.2) is 0 Å². The number of likely N-dealkylation sites (tertiary alicyclic amines) is 1. The minimum atomic E-state index is -4.62. The minimum absolute atomic E-state index is 0.0484. The lowest BCUT2D eigenvalue weighted by Crippen LogP contribution is -2.30. The van der Waals surface area contributed by atoms with Gasteiger partial charge in [-0.05, 0) is 27.2 Å². The second-order valence-electron chi connectivity index (χ2n) is 5.46. The molecule has 0 N–H and O–H groups in total. The number of nitrogens with zero attached hydrogens (tertiary/aromatic N) is 1. The van der Waals surface area contributed by atoms with E-state index in [1.165, 1.54) is 4.90 Å². The minimum Gasteiger partial charge on any atom is -0.376 e. The van der Waals surface area contributed by atoms with Gasteiger partial charge in [-0.25, -0.2) is 0 Å². The molecule has 0 spiro atoms. The van der Waals surface area contributed by atoms with Crippen LogP contribution in [0.5, 0.6) is 0 Å². The maximum atomic E-state index is 12.8. The quantitative estimate of drug-likeness (QED) is 0.559. The Bertz CT molecular complexity index is 402. The molecule has 1 aliphatic rings. The van der Waals surface area contributed by atoms with Gasteiger partial charge in [-0.1, -0.05) is 0 Å². The largest absolute Gasteiger partial charge is 0.376 e. The predicted octanol–water partition coefficient (Wildman–Crippen LogP) is 1.09. The van der Waals surface area contributed by atoms with Gasteiger partial charge in [0.1, 0.15) is 5.25 Å². The van der Waals surface area contributed by atoms with Crippen molar-refractivity contribution in [2.75, 3.05) is 19.7 Å². The Balaban J connectivity index is 2.34. The van der Waals surface area contributed by atoms with Gasteiger partial charge in [0.2, 0.25) is 5.91 Å². The summed E-state index contributed by atoms with van der Waals surface area (Å²) in [5.74, 6) is -0.308. The van der Waals surface area contributed by atoms with Crippen LogP contribution in [0.4, 0.5) is 3.89 Å². The zero-order chi connectivity index (χ0) is 14.0. The van der Waals surface area contributed by atoms with Crippen molar-refractivity contribution in [3.8, 4) is 0 Å². The van der Waals surface area contributed by atoms with Gasteiger partial charge in [-0.15, -0.1) is 3.89 Å². The molecular formula is C11H20FNO4S. The average molecular weight is 281 g/mol. The molecule has 0 bridgehead atoms. The van der Waals surface area contributed by atoms with Crippen LogP contribution in [-0.4, -0.2) is 49.8 Å². The number of carbonyl (C=O) groups excluding carboxylic acids is 1. The maximum absolute atomic E-state index is 12.8. The van der Waals surface area contributed by atoms with Crippen molar-refractivity contribution >= 4 is 16.1 Å². The van der Waals surface area contributed by atoms with Crippen molar-refractivity contribution in [3.05, 3.63) is 0 Å². The van der Waals surface area contributed by atoms with Crippen molar-refractivity contribution in [3.63, 3.8) is 0 Å². The summed E-state index contributed by atoms with van der Waals surface area (Å²) < 4.78 is 39.7. The van der Waals surface area contributed by atoms with Crippen molar-refractivity contribution in [1.82, 2.24) is 4.90 Å². The van der Waals surface area contributed by atoms with Crippen molar-refractivity contribution < 1.29 is 21.8 Å². The first-order chi connectivity index (χ1) is 8.09. The molecule has 1 heterocycles. The van der Waals surface area contributed by atoms with E-state index < -0.39 is 15.5 Å². The van der Waals surface area contributed by atoms with E-state index >= 15 is 0 Å². The summed E-state index contributed by atoms with van der Waals surface area (Å²) in [6, 6.07) is 0. The molecule has 0 saturated carbocycles. The highest BCUT2D eigenvalue weighted by atomic mass is 32.3. The van der Waals surface area contributed by atoms with E-state index in [9.17, 15) is 17.1 Å². The van der Waals surface area contributed by atoms with Crippen LogP contribution in [0.25, 0.3) is 0 Å². The molecule has 0 aromatic rings. The van der Waals surface area contributed by atoms with Crippen LogP contribution in [0.1, 0.15) is 33.6 Å². The number of carbonyl (C=O) groups is 1. The molecule has 0 radical (unpaired) electrons. The number of rotatable bonds is 5. The molecule has 0 aromatic heterocycles. The number of amides is 1. The Labute approximate surface area is 108 Å². The summed E-state index contributed by atoms with van der Waals surface area (Å²) in [6.45, 7) is 6.63. The van der Waals surface area contributed by atoms with Gasteiger partial charge in [-0.3, -0.25) is 4.79 Å². The first kappa shape index (κ1) is 15.4. The second-order valence-corrected chi connectivity index (χ2v) is 7.07. The van der Waals surface area contributed by atoms with Crippen LogP contribution in [0.3, 0.4) is 0 Å². The second kappa shape index (κ2) is 5.52. The van der Waals surface area contributed by atoms with Crippen LogP contribution in [0, 0.1) is 0 Å². The zero-order valence-electron chi connectivity index (χ0n) is 11.0.